The van der Waals surface area contributed by atoms with Crippen molar-refractivity contribution in [1.29, 1.82) is 0 Å². The first-order valence-corrected chi connectivity index (χ1v) is 6.19. The second-order valence-electron chi connectivity index (χ2n) is 4.11. The molecule has 0 radical (unpaired) electrons. The van der Waals surface area contributed by atoms with Crippen LogP contribution in [0.15, 0.2) is 24.3 Å². The van der Waals surface area contributed by atoms with Gasteiger partial charge in [-0.05, 0) is 37.6 Å². The van der Waals surface area contributed by atoms with Gasteiger partial charge in [0.05, 0.1) is 6.61 Å². The fourth-order valence-corrected chi connectivity index (χ4v) is 2.20. The van der Waals surface area contributed by atoms with Gasteiger partial charge in [0.1, 0.15) is 0 Å². The summed E-state index contributed by atoms with van der Waals surface area (Å²) < 4.78 is 7.80. The molecule has 3 nitrogen and oxygen atoms in total. The summed E-state index contributed by atoms with van der Waals surface area (Å²) in [6.07, 6.45) is 0. The second-order valence-corrected chi connectivity index (χ2v) is 4.11. The Morgan fingerprint density at radius 3 is 2.71 bits per heavy atom. The summed E-state index contributed by atoms with van der Waals surface area (Å²) in [4.78, 5) is 0. The first-order valence-electron chi connectivity index (χ1n) is 6.19. The maximum Gasteiger partial charge on any atom is 0.0867 e. The monoisotopic (exact) mass is 232 g/mol. The molecule has 0 amide bonds. The topological polar surface area (TPSA) is 40.2 Å². The quantitative estimate of drug-likeness (QED) is 0.861. The van der Waals surface area contributed by atoms with Gasteiger partial charge in [-0.3, -0.25) is 0 Å². The van der Waals surface area contributed by atoms with Crippen molar-refractivity contribution in [2.75, 3.05) is 6.61 Å². The summed E-state index contributed by atoms with van der Waals surface area (Å²) >= 11 is 0. The number of hydrogen-bond acceptors (Lipinski definition) is 2. The SMILES string of the molecule is CCOCc1cc2cc(CN)ccc2n1CC. The largest absolute Gasteiger partial charge is 0.376 e. The molecule has 0 atom stereocenters. The fourth-order valence-electron chi connectivity index (χ4n) is 2.20. The van der Waals surface area contributed by atoms with Crippen LogP contribution < -0.4 is 5.73 Å². The van der Waals surface area contributed by atoms with Crippen molar-refractivity contribution in [3.63, 3.8) is 0 Å². The highest BCUT2D eigenvalue weighted by atomic mass is 16.5. The summed E-state index contributed by atoms with van der Waals surface area (Å²) in [5.41, 5.74) is 9.34. The van der Waals surface area contributed by atoms with Crippen molar-refractivity contribution >= 4 is 10.9 Å². The van der Waals surface area contributed by atoms with Crippen LogP contribution in [0.1, 0.15) is 25.1 Å². The molecule has 0 saturated carbocycles. The van der Waals surface area contributed by atoms with E-state index in [0.717, 1.165) is 13.2 Å². The zero-order valence-corrected chi connectivity index (χ0v) is 10.6. The van der Waals surface area contributed by atoms with E-state index in [1.807, 2.05) is 6.92 Å². The molecule has 2 rings (SSSR count). The molecule has 0 aliphatic heterocycles. The Morgan fingerprint density at radius 2 is 2.06 bits per heavy atom. The molecule has 2 N–H and O–H groups in total. The number of aromatic nitrogens is 1. The average molecular weight is 232 g/mol. The molecule has 1 heterocycles. The van der Waals surface area contributed by atoms with Crippen molar-refractivity contribution in [3.8, 4) is 0 Å². The summed E-state index contributed by atoms with van der Waals surface area (Å²) in [6.45, 7) is 7.16. The number of aryl methyl sites for hydroxylation is 1. The predicted molar refractivity (Wildman–Crippen MR) is 70.8 cm³/mol. The van der Waals surface area contributed by atoms with E-state index in [2.05, 4.69) is 35.8 Å². The maximum absolute atomic E-state index is 5.67. The summed E-state index contributed by atoms with van der Waals surface area (Å²) in [7, 11) is 0. The number of nitrogens with two attached hydrogens (primary N) is 1. The van der Waals surface area contributed by atoms with Gasteiger partial charge in [0.25, 0.3) is 0 Å². The van der Waals surface area contributed by atoms with Crippen LogP contribution in [0, 0.1) is 0 Å². The van der Waals surface area contributed by atoms with E-state index >= 15 is 0 Å². The third-order valence-electron chi connectivity index (χ3n) is 3.06. The van der Waals surface area contributed by atoms with Crippen LogP contribution in [0.25, 0.3) is 10.9 Å². The van der Waals surface area contributed by atoms with E-state index in [1.165, 1.54) is 22.2 Å². The molecule has 0 aliphatic rings. The number of hydrogen-bond donors (Lipinski definition) is 1. The van der Waals surface area contributed by atoms with Crippen LogP contribution in [0.4, 0.5) is 0 Å². The minimum absolute atomic E-state index is 0.591. The van der Waals surface area contributed by atoms with Crippen molar-refractivity contribution in [2.45, 2.75) is 33.5 Å². The van der Waals surface area contributed by atoms with E-state index in [-0.39, 0.29) is 0 Å². The lowest BCUT2D eigenvalue weighted by molar-refractivity contribution is 0.129. The first-order chi connectivity index (χ1) is 8.30. The smallest absolute Gasteiger partial charge is 0.0867 e. The molecule has 1 aromatic carbocycles. The molecule has 0 unspecified atom stereocenters. The molecule has 0 aliphatic carbocycles. The Hall–Kier alpha value is -1.32. The van der Waals surface area contributed by atoms with Crippen LogP contribution >= 0.6 is 0 Å². The molecule has 2 aromatic rings. The second kappa shape index (κ2) is 5.34. The number of fused-ring (bicyclic) bond motifs is 1. The van der Waals surface area contributed by atoms with Gasteiger partial charge in [-0.2, -0.15) is 0 Å². The number of nitrogens with zero attached hydrogens (tertiary/aromatic N) is 1. The summed E-state index contributed by atoms with van der Waals surface area (Å²) in [6, 6.07) is 8.61. The van der Waals surface area contributed by atoms with Crippen LogP contribution in [-0.2, 0) is 24.4 Å². The fraction of sp³-hybridized carbons (Fsp3) is 0.429. The van der Waals surface area contributed by atoms with E-state index in [4.69, 9.17) is 10.5 Å². The third-order valence-corrected chi connectivity index (χ3v) is 3.06. The standard InChI is InChI=1S/C14H20N2O/c1-3-16-13(10-17-4-2)8-12-7-11(9-15)5-6-14(12)16/h5-8H,3-4,9-10,15H2,1-2H3. The Kier molecular flexibility index (Phi) is 3.82. The Labute approximate surface area is 102 Å². The summed E-state index contributed by atoms with van der Waals surface area (Å²) in [5, 5.41) is 1.25. The normalized spacial score (nSPS) is 11.2. The van der Waals surface area contributed by atoms with Crippen molar-refractivity contribution in [1.82, 2.24) is 4.57 Å². The van der Waals surface area contributed by atoms with Crippen LogP contribution in [0.5, 0.6) is 0 Å². The van der Waals surface area contributed by atoms with E-state index in [0.29, 0.717) is 13.2 Å². The predicted octanol–water partition coefficient (Wildman–Crippen LogP) is 2.66. The minimum atomic E-state index is 0.591. The lowest BCUT2D eigenvalue weighted by atomic mass is 10.1. The van der Waals surface area contributed by atoms with Gasteiger partial charge in [0.2, 0.25) is 0 Å². The van der Waals surface area contributed by atoms with Crippen LogP contribution in [0.2, 0.25) is 0 Å². The molecule has 0 bridgehead atoms. The Morgan fingerprint density at radius 1 is 1.24 bits per heavy atom. The van der Waals surface area contributed by atoms with Gasteiger partial charge < -0.3 is 15.0 Å². The molecule has 17 heavy (non-hydrogen) atoms. The molecular weight excluding hydrogens is 212 g/mol. The average Bonchev–Trinajstić information content (AvgIpc) is 2.72. The molecular formula is C14H20N2O. The van der Waals surface area contributed by atoms with Crippen molar-refractivity contribution in [3.05, 3.63) is 35.5 Å². The Balaban J connectivity index is 2.46. The minimum Gasteiger partial charge on any atom is -0.376 e. The van der Waals surface area contributed by atoms with Gasteiger partial charge in [-0.25, -0.2) is 0 Å². The molecule has 0 saturated heterocycles. The van der Waals surface area contributed by atoms with Gasteiger partial charge in [0, 0.05) is 36.3 Å². The van der Waals surface area contributed by atoms with Crippen LogP contribution in [-0.4, -0.2) is 11.2 Å². The lowest BCUT2D eigenvalue weighted by Gasteiger charge is -2.07. The number of rotatable bonds is 5. The van der Waals surface area contributed by atoms with E-state index in [9.17, 15) is 0 Å². The molecule has 0 spiro atoms. The first kappa shape index (κ1) is 12.1. The third kappa shape index (κ3) is 2.35. The van der Waals surface area contributed by atoms with E-state index in [1.54, 1.807) is 0 Å². The van der Waals surface area contributed by atoms with Crippen LogP contribution in [0.3, 0.4) is 0 Å². The molecule has 92 valence electrons. The highest BCUT2D eigenvalue weighted by Gasteiger charge is 2.07. The van der Waals surface area contributed by atoms with Gasteiger partial charge in [0.15, 0.2) is 0 Å². The number of ether oxygens (including phenoxy) is 1. The molecule has 3 heteroatoms. The molecule has 1 aromatic heterocycles. The van der Waals surface area contributed by atoms with Gasteiger partial charge in [-0.15, -0.1) is 0 Å². The number of benzene rings is 1. The highest BCUT2D eigenvalue weighted by molar-refractivity contribution is 5.82. The van der Waals surface area contributed by atoms with Crippen molar-refractivity contribution in [2.24, 2.45) is 5.73 Å². The highest BCUT2D eigenvalue weighted by Crippen LogP contribution is 2.22. The lowest BCUT2D eigenvalue weighted by Crippen LogP contribution is -2.02. The van der Waals surface area contributed by atoms with Gasteiger partial charge >= 0.3 is 0 Å². The Bertz CT molecular complexity index is 502. The zero-order valence-electron chi connectivity index (χ0n) is 10.6. The van der Waals surface area contributed by atoms with Crippen molar-refractivity contribution < 1.29 is 4.74 Å². The van der Waals surface area contributed by atoms with Gasteiger partial charge in [-0.1, -0.05) is 6.07 Å². The molecule has 0 fully saturated rings. The summed E-state index contributed by atoms with van der Waals surface area (Å²) in [5.74, 6) is 0. The zero-order chi connectivity index (χ0) is 12.3. The maximum atomic E-state index is 5.67. The van der Waals surface area contributed by atoms with E-state index < -0.39 is 0 Å².